The fourth-order valence-electron chi connectivity index (χ4n) is 3.01. The van der Waals surface area contributed by atoms with E-state index >= 15 is 0 Å². The Kier molecular flexibility index (Phi) is 5.53. The van der Waals surface area contributed by atoms with Gasteiger partial charge < -0.3 is 10.6 Å². The monoisotopic (exact) mass is 280 g/mol. The highest BCUT2D eigenvalue weighted by atomic mass is 35.5. The Morgan fingerprint density at radius 2 is 2.16 bits per heavy atom. The third-order valence-corrected chi connectivity index (χ3v) is 4.48. The molecule has 106 valence electrons. The molecule has 1 heterocycles. The lowest BCUT2D eigenvalue weighted by atomic mass is 10.1. The molecule has 0 bridgehead atoms. The van der Waals surface area contributed by atoms with E-state index in [2.05, 4.69) is 30.0 Å². The van der Waals surface area contributed by atoms with Crippen LogP contribution in [-0.4, -0.2) is 19.1 Å². The molecule has 0 saturated carbocycles. The second kappa shape index (κ2) is 7.16. The van der Waals surface area contributed by atoms with Gasteiger partial charge in [0, 0.05) is 23.3 Å². The van der Waals surface area contributed by atoms with E-state index in [1.807, 2.05) is 0 Å². The minimum atomic E-state index is 0.653. The Balaban J connectivity index is 2.21. The van der Waals surface area contributed by atoms with Crippen LogP contribution in [0.5, 0.6) is 0 Å². The molecule has 19 heavy (non-hydrogen) atoms. The maximum Gasteiger partial charge on any atom is 0.0459 e. The second-order valence-electron chi connectivity index (χ2n) is 5.42. The molecule has 2 rings (SSSR count). The predicted molar refractivity (Wildman–Crippen MR) is 84.1 cm³/mol. The van der Waals surface area contributed by atoms with Gasteiger partial charge in [-0.25, -0.2) is 0 Å². The number of nitrogens with zero attached hydrogens (tertiary/aromatic N) is 1. The average Bonchev–Trinajstić information content (AvgIpc) is 2.66. The average molecular weight is 281 g/mol. The summed E-state index contributed by atoms with van der Waals surface area (Å²) in [6, 6.07) is 7.15. The van der Waals surface area contributed by atoms with Crippen LogP contribution in [0.2, 0.25) is 5.02 Å². The minimum Gasteiger partial charge on any atom is -0.369 e. The summed E-state index contributed by atoms with van der Waals surface area (Å²) in [5.74, 6) is 0. The number of nitrogens with two attached hydrogens (primary N) is 1. The normalized spacial score (nSPS) is 20.4. The first-order chi connectivity index (χ1) is 9.26. The van der Waals surface area contributed by atoms with Gasteiger partial charge in [0.2, 0.25) is 0 Å². The molecule has 0 radical (unpaired) electrons. The first-order valence-electron chi connectivity index (χ1n) is 7.51. The summed E-state index contributed by atoms with van der Waals surface area (Å²) in [4.78, 5) is 2.55. The summed E-state index contributed by atoms with van der Waals surface area (Å²) in [6.07, 6.45) is 7.37. The van der Waals surface area contributed by atoms with Crippen LogP contribution in [0, 0.1) is 0 Å². The van der Waals surface area contributed by atoms with Gasteiger partial charge in [0.25, 0.3) is 0 Å². The molecule has 1 aliphatic heterocycles. The zero-order chi connectivity index (χ0) is 13.7. The Morgan fingerprint density at radius 1 is 1.32 bits per heavy atom. The van der Waals surface area contributed by atoms with Crippen LogP contribution >= 0.6 is 11.6 Å². The summed E-state index contributed by atoms with van der Waals surface area (Å²) in [6.45, 7) is 4.10. The topological polar surface area (TPSA) is 29.3 Å². The number of halogens is 1. The van der Waals surface area contributed by atoms with Gasteiger partial charge in [-0.1, -0.05) is 37.4 Å². The molecule has 0 spiro atoms. The van der Waals surface area contributed by atoms with Crippen molar-refractivity contribution in [1.29, 1.82) is 0 Å². The highest BCUT2D eigenvalue weighted by molar-refractivity contribution is 6.31. The molecule has 2 nitrogen and oxygen atoms in total. The van der Waals surface area contributed by atoms with Crippen LogP contribution in [0.4, 0.5) is 5.69 Å². The molecule has 0 aromatic heterocycles. The predicted octanol–water partition coefficient (Wildman–Crippen LogP) is 4.00. The largest absolute Gasteiger partial charge is 0.369 e. The van der Waals surface area contributed by atoms with Crippen LogP contribution in [-0.2, 0) is 6.42 Å². The van der Waals surface area contributed by atoms with Gasteiger partial charge in [-0.2, -0.15) is 0 Å². The summed E-state index contributed by atoms with van der Waals surface area (Å²) in [7, 11) is 0. The Bertz CT molecular complexity index is 406. The molecule has 1 fully saturated rings. The molecule has 3 heteroatoms. The fourth-order valence-corrected chi connectivity index (χ4v) is 3.28. The zero-order valence-corrected chi connectivity index (χ0v) is 12.6. The van der Waals surface area contributed by atoms with Crippen molar-refractivity contribution in [2.75, 3.05) is 18.0 Å². The molecule has 1 aliphatic rings. The van der Waals surface area contributed by atoms with Crippen molar-refractivity contribution in [2.45, 2.75) is 51.5 Å². The van der Waals surface area contributed by atoms with E-state index in [0.717, 1.165) is 23.6 Å². The summed E-state index contributed by atoms with van der Waals surface area (Å²) < 4.78 is 0. The van der Waals surface area contributed by atoms with E-state index in [1.165, 1.54) is 37.8 Å². The van der Waals surface area contributed by atoms with Crippen molar-refractivity contribution in [3.63, 3.8) is 0 Å². The standard InChI is InChI=1S/C16H25ClN2/c1-2-14-6-4-3-5-11-19(14)15-8-7-13(9-10-18)16(17)12-15/h7-8,12,14H,2-6,9-11,18H2,1H3. The van der Waals surface area contributed by atoms with Crippen LogP contribution < -0.4 is 10.6 Å². The first-order valence-corrected chi connectivity index (χ1v) is 7.89. The number of benzene rings is 1. The highest BCUT2D eigenvalue weighted by Gasteiger charge is 2.20. The van der Waals surface area contributed by atoms with Crippen molar-refractivity contribution in [1.82, 2.24) is 0 Å². The van der Waals surface area contributed by atoms with Crippen molar-refractivity contribution in [3.05, 3.63) is 28.8 Å². The molecule has 1 atom stereocenters. The lowest BCUT2D eigenvalue weighted by Gasteiger charge is -2.32. The fraction of sp³-hybridized carbons (Fsp3) is 0.625. The molecule has 0 amide bonds. The maximum atomic E-state index is 6.38. The summed E-state index contributed by atoms with van der Waals surface area (Å²) >= 11 is 6.38. The number of anilines is 1. The molecular weight excluding hydrogens is 256 g/mol. The lowest BCUT2D eigenvalue weighted by molar-refractivity contribution is 0.556. The van der Waals surface area contributed by atoms with Crippen LogP contribution in [0.3, 0.4) is 0 Å². The molecule has 1 unspecified atom stereocenters. The number of hydrogen-bond donors (Lipinski definition) is 1. The SMILES string of the molecule is CCC1CCCCCN1c1ccc(CCN)c(Cl)c1. The molecular formula is C16H25ClN2. The molecule has 0 aliphatic carbocycles. The van der Waals surface area contributed by atoms with E-state index < -0.39 is 0 Å². The van der Waals surface area contributed by atoms with Crippen molar-refractivity contribution < 1.29 is 0 Å². The van der Waals surface area contributed by atoms with Crippen molar-refractivity contribution >= 4 is 17.3 Å². The summed E-state index contributed by atoms with van der Waals surface area (Å²) in [5.41, 5.74) is 8.05. The third-order valence-electron chi connectivity index (χ3n) is 4.13. The molecule has 1 saturated heterocycles. The van der Waals surface area contributed by atoms with Crippen LogP contribution in [0.1, 0.15) is 44.6 Å². The smallest absolute Gasteiger partial charge is 0.0459 e. The quantitative estimate of drug-likeness (QED) is 0.903. The number of rotatable bonds is 4. The van der Waals surface area contributed by atoms with Gasteiger partial charge in [0.15, 0.2) is 0 Å². The van der Waals surface area contributed by atoms with Gasteiger partial charge >= 0.3 is 0 Å². The van der Waals surface area contributed by atoms with Gasteiger partial charge in [-0.05, 0) is 49.9 Å². The lowest BCUT2D eigenvalue weighted by Crippen LogP contribution is -2.34. The zero-order valence-electron chi connectivity index (χ0n) is 11.9. The molecule has 1 aromatic carbocycles. The highest BCUT2D eigenvalue weighted by Crippen LogP contribution is 2.29. The van der Waals surface area contributed by atoms with Crippen LogP contribution in [0.15, 0.2) is 18.2 Å². The summed E-state index contributed by atoms with van der Waals surface area (Å²) in [5, 5.41) is 0.863. The Labute approximate surface area is 121 Å². The van der Waals surface area contributed by atoms with E-state index in [9.17, 15) is 0 Å². The van der Waals surface area contributed by atoms with Crippen LogP contribution in [0.25, 0.3) is 0 Å². The maximum absolute atomic E-state index is 6.38. The third kappa shape index (κ3) is 3.64. The van der Waals surface area contributed by atoms with Gasteiger partial charge in [-0.3, -0.25) is 0 Å². The van der Waals surface area contributed by atoms with Crippen molar-refractivity contribution in [2.24, 2.45) is 5.73 Å². The van der Waals surface area contributed by atoms with E-state index in [1.54, 1.807) is 0 Å². The van der Waals surface area contributed by atoms with E-state index in [-0.39, 0.29) is 0 Å². The molecule has 2 N–H and O–H groups in total. The Hall–Kier alpha value is -0.730. The van der Waals surface area contributed by atoms with Gasteiger partial charge in [0.05, 0.1) is 0 Å². The van der Waals surface area contributed by atoms with E-state index in [0.29, 0.717) is 12.6 Å². The minimum absolute atomic E-state index is 0.653. The van der Waals surface area contributed by atoms with Gasteiger partial charge in [-0.15, -0.1) is 0 Å². The molecule has 1 aromatic rings. The Morgan fingerprint density at radius 3 is 2.84 bits per heavy atom. The number of hydrogen-bond acceptors (Lipinski definition) is 2. The second-order valence-corrected chi connectivity index (χ2v) is 5.83. The van der Waals surface area contributed by atoms with Gasteiger partial charge in [0.1, 0.15) is 0 Å². The van der Waals surface area contributed by atoms with E-state index in [4.69, 9.17) is 17.3 Å². The first kappa shape index (κ1) is 14.7. The van der Waals surface area contributed by atoms with Crippen molar-refractivity contribution in [3.8, 4) is 0 Å².